The molecule has 70 heavy (non-hydrogen) atoms. The second-order valence-electron chi connectivity index (χ2n) is 18.2. The largest absolute Gasteiger partial charge is 0.501 e. The second-order valence-corrected chi connectivity index (χ2v) is 23.3. The Kier molecular flexibility index (Phi) is 16.9. The second kappa shape index (κ2) is 22.8. The number of sulfone groups is 1. The number of sulfonamides is 1. The minimum absolute atomic E-state index is 0.00631. The van der Waals surface area contributed by atoms with E-state index >= 15 is 0 Å². The highest BCUT2D eigenvalue weighted by Crippen LogP contribution is 2.37. The van der Waals surface area contributed by atoms with E-state index in [1.54, 1.807) is 12.1 Å². The molecule has 1 amide bonds. The molecular weight excluding hydrogens is 979 g/mol. The molecule has 3 heterocycles. The number of hydrogen-bond donors (Lipinski definition) is 2. The number of carbonyl (C=O) groups is 1. The Morgan fingerprint density at radius 3 is 2.07 bits per heavy atom. The first-order valence-electron chi connectivity index (χ1n) is 23.6. The van der Waals surface area contributed by atoms with Crippen LogP contribution in [0.5, 0.6) is 0 Å². The van der Waals surface area contributed by atoms with Gasteiger partial charge >= 0.3 is 5.51 Å². The fraction of sp³-hybridized carbons (Fsp3) is 0.392. The number of amides is 1. The molecule has 3 saturated heterocycles. The van der Waals surface area contributed by atoms with Crippen LogP contribution in [0.1, 0.15) is 35.2 Å². The Balaban J connectivity index is 0.915. The van der Waals surface area contributed by atoms with Crippen LogP contribution in [0.15, 0.2) is 136 Å². The van der Waals surface area contributed by atoms with Gasteiger partial charge in [0.1, 0.15) is 4.90 Å². The van der Waals surface area contributed by atoms with Crippen LogP contribution in [-0.2, 0) is 26.4 Å². The summed E-state index contributed by atoms with van der Waals surface area (Å²) >= 11 is 7.60. The molecule has 0 bridgehead atoms. The molecule has 0 unspecified atom stereocenters. The SMILES string of the molecule is CN1CCC(N2CCN(CC[C@H](CSc3ccccc3)Nc3ccc(S(=O)(=O)NC(=O)c4ccc(N5CCN(Cc6ccccc6-c6ccc(Cl)cc6)CC5)cc4)cc3S(=O)(=O)C(F)(F)F)CC2)CC1. The van der Waals surface area contributed by atoms with Gasteiger partial charge in [-0.25, -0.2) is 21.6 Å². The topological polar surface area (TPSA) is 126 Å². The summed E-state index contributed by atoms with van der Waals surface area (Å²) in [4.78, 5) is 24.0. The van der Waals surface area contributed by atoms with Crippen molar-refractivity contribution >= 4 is 60.5 Å². The number of nitrogens with one attached hydrogen (secondary N) is 2. The van der Waals surface area contributed by atoms with Gasteiger partial charge in [-0.3, -0.25) is 14.6 Å². The molecule has 0 spiro atoms. The monoisotopic (exact) mass is 1040 g/mol. The minimum Gasteiger partial charge on any atom is -0.380 e. The van der Waals surface area contributed by atoms with Crippen LogP contribution in [0.25, 0.3) is 11.1 Å². The zero-order valence-corrected chi connectivity index (χ0v) is 42.2. The van der Waals surface area contributed by atoms with Gasteiger partial charge in [0.2, 0.25) is 0 Å². The molecule has 3 aliphatic rings. The van der Waals surface area contributed by atoms with Crippen molar-refractivity contribution in [2.75, 3.05) is 95.0 Å². The predicted molar refractivity (Wildman–Crippen MR) is 273 cm³/mol. The molecule has 374 valence electrons. The Morgan fingerprint density at radius 1 is 0.757 bits per heavy atom. The predicted octanol–water partition coefficient (Wildman–Crippen LogP) is 8.42. The van der Waals surface area contributed by atoms with Gasteiger partial charge in [-0.2, -0.15) is 13.2 Å². The molecule has 8 rings (SSSR count). The smallest absolute Gasteiger partial charge is 0.380 e. The van der Waals surface area contributed by atoms with Gasteiger partial charge in [0, 0.05) is 104 Å². The number of piperidine rings is 1. The first-order valence-corrected chi connectivity index (χ1v) is 27.9. The summed E-state index contributed by atoms with van der Waals surface area (Å²) in [5.41, 5.74) is -1.87. The average molecular weight is 1040 g/mol. The standard InChI is InChI=1S/C51H59ClF3N7O5S3/c1-58-24-22-44(23-25-58)62-31-27-59(28-32-62)26-21-42(37-68-45-8-3-2-4-9-45)56-48-20-19-46(35-49(48)69(64,65)51(53,54)55)70(66,67)57-50(63)39-13-17-43(18-14-39)61-33-29-60(30-34-61)36-40-7-5-6-10-47(40)38-11-15-41(52)16-12-38/h2-20,35,42,44,56H,21-34,36-37H2,1H3,(H,57,63)/t42-/m1/s1. The van der Waals surface area contributed by atoms with E-state index < -0.39 is 47.1 Å². The number of alkyl halides is 3. The van der Waals surface area contributed by atoms with Gasteiger partial charge in [0.15, 0.2) is 0 Å². The van der Waals surface area contributed by atoms with E-state index in [0.29, 0.717) is 48.9 Å². The number of anilines is 2. The van der Waals surface area contributed by atoms with Crippen LogP contribution < -0.4 is 14.9 Å². The summed E-state index contributed by atoms with van der Waals surface area (Å²) < 4.78 is 98.7. The van der Waals surface area contributed by atoms with E-state index in [9.17, 15) is 34.8 Å². The number of carbonyl (C=O) groups excluding carboxylic acids is 1. The Hall–Kier alpha value is -4.66. The molecular formula is C51H59ClF3N7O5S3. The highest BCUT2D eigenvalue weighted by atomic mass is 35.5. The maximum absolute atomic E-state index is 14.3. The molecule has 0 aliphatic carbocycles. The van der Waals surface area contributed by atoms with Crippen molar-refractivity contribution in [3.63, 3.8) is 0 Å². The molecule has 0 saturated carbocycles. The number of thioether (sulfide) groups is 1. The van der Waals surface area contributed by atoms with E-state index in [2.05, 4.69) is 49.0 Å². The number of nitrogens with zero attached hydrogens (tertiary/aromatic N) is 5. The van der Waals surface area contributed by atoms with Crippen molar-refractivity contribution in [3.8, 4) is 11.1 Å². The molecule has 2 N–H and O–H groups in total. The van der Waals surface area contributed by atoms with Gasteiger partial charge in [-0.05, 0) is 123 Å². The van der Waals surface area contributed by atoms with Gasteiger partial charge in [-0.1, -0.05) is 66.2 Å². The highest BCUT2D eigenvalue weighted by molar-refractivity contribution is 7.99. The van der Waals surface area contributed by atoms with E-state index in [1.165, 1.54) is 29.5 Å². The van der Waals surface area contributed by atoms with Crippen LogP contribution in [0, 0.1) is 0 Å². The molecule has 1 atom stereocenters. The van der Waals surface area contributed by atoms with Crippen molar-refractivity contribution in [3.05, 3.63) is 137 Å². The van der Waals surface area contributed by atoms with Crippen molar-refractivity contribution in [2.45, 2.75) is 58.1 Å². The van der Waals surface area contributed by atoms with Crippen LogP contribution in [-0.4, -0.2) is 145 Å². The number of likely N-dealkylation sites (tertiary alicyclic amines) is 1. The van der Waals surface area contributed by atoms with Crippen molar-refractivity contribution in [1.82, 2.24) is 24.3 Å². The fourth-order valence-corrected chi connectivity index (χ4v) is 12.5. The highest BCUT2D eigenvalue weighted by Gasteiger charge is 2.48. The quantitative estimate of drug-likeness (QED) is 0.0870. The van der Waals surface area contributed by atoms with Crippen molar-refractivity contribution in [1.29, 1.82) is 0 Å². The van der Waals surface area contributed by atoms with Crippen LogP contribution in [0.2, 0.25) is 5.02 Å². The first kappa shape index (κ1) is 51.7. The van der Waals surface area contributed by atoms with E-state index in [0.717, 1.165) is 106 Å². The molecule has 19 heteroatoms. The first-order chi connectivity index (χ1) is 33.5. The summed E-state index contributed by atoms with van der Waals surface area (Å²) in [6.07, 6.45) is 2.74. The van der Waals surface area contributed by atoms with Crippen LogP contribution in [0.3, 0.4) is 0 Å². The number of piperazine rings is 2. The summed E-state index contributed by atoms with van der Waals surface area (Å²) in [6, 6.07) is 34.5. The Labute approximate surface area is 419 Å². The third-order valence-corrected chi connectivity index (χ3v) is 17.8. The third kappa shape index (κ3) is 13.1. The van der Waals surface area contributed by atoms with E-state index in [1.807, 2.05) is 71.5 Å². The van der Waals surface area contributed by atoms with Crippen LogP contribution in [0.4, 0.5) is 24.5 Å². The fourth-order valence-electron chi connectivity index (χ4n) is 9.36. The number of hydrogen-bond acceptors (Lipinski definition) is 12. The molecule has 0 aromatic heterocycles. The van der Waals surface area contributed by atoms with E-state index in [4.69, 9.17) is 11.6 Å². The summed E-state index contributed by atoms with van der Waals surface area (Å²) in [5.74, 6) is -0.639. The van der Waals surface area contributed by atoms with Crippen molar-refractivity contribution in [2.24, 2.45) is 0 Å². The minimum atomic E-state index is -6.07. The number of halogens is 4. The number of rotatable bonds is 17. The zero-order chi connectivity index (χ0) is 49.5. The summed E-state index contributed by atoms with van der Waals surface area (Å²) in [6.45, 7) is 10.00. The molecule has 5 aromatic rings. The van der Waals surface area contributed by atoms with Gasteiger partial charge in [0.05, 0.1) is 10.6 Å². The van der Waals surface area contributed by atoms with Crippen LogP contribution >= 0.6 is 23.4 Å². The average Bonchev–Trinajstić information content (AvgIpc) is 3.36. The maximum atomic E-state index is 14.3. The lowest BCUT2D eigenvalue weighted by atomic mass is 9.99. The van der Waals surface area contributed by atoms with Crippen molar-refractivity contribution < 1.29 is 34.8 Å². The van der Waals surface area contributed by atoms with E-state index in [-0.39, 0.29) is 11.3 Å². The Bertz CT molecular complexity index is 2770. The molecule has 3 fully saturated rings. The number of benzene rings is 5. The summed E-state index contributed by atoms with van der Waals surface area (Å²) in [5, 5.41) is 3.74. The molecule has 3 aliphatic heterocycles. The normalized spacial score (nSPS) is 17.9. The lowest BCUT2D eigenvalue weighted by Crippen LogP contribution is -2.53. The molecule has 12 nitrogen and oxygen atoms in total. The third-order valence-electron chi connectivity index (χ3n) is 13.5. The lowest BCUT2D eigenvalue weighted by molar-refractivity contribution is -0.0435. The summed E-state index contributed by atoms with van der Waals surface area (Å²) in [7, 11) is -8.78. The molecule has 0 radical (unpaired) electrons. The van der Waals surface area contributed by atoms with Gasteiger partial charge < -0.3 is 20.0 Å². The molecule has 5 aromatic carbocycles. The Morgan fingerprint density at radius 2 is 1.40 bits per heavy atom. The lowest BCUT2D eigenvalue weighted by Gasteiger charge is -2.42. The van der Waals surface area contributed by atoms with Gasteiger partial charge in [0.25, 0.3) is 25.8 Å². The zero-order valence-electron chi connectivity index (χ0n) is 39.0. The maximum Gasteiger partial charge on any atom is 0.501 e. The van der Waals surface area contributed by atoms with Gasteiger partial charge in [-0.15, -0.1) is 11.8 Å².